The van der Waals surface area contributed by atoms with Crippen molar-refractivity contribution in [1.29, 1.82) is 0 Å². The molecule has 0 unspecified atom stereocenters. The maximum Gasteiger partial charge on any atom is 0.286 e. The van der Waals surface area contributed by atoms with Gasteiger partial charge in [0.15, 0.2) is 0 Å². The Balaban J connectivity index is 2.06. The molecule has 0 fully saturated rings. The van der Waals surface area contributed by atoms with Crippen LogP contribution in [0.3, 0.4) is 0 Å². The van der Waals surface area contributed by atoms with Crippen molar-refractivity contribution >= 4 is 34.3 Å². The number of unbranched alkanes of at least 4 members (excludes halogenated alkanes) is 2. The highest BCUT2D eigenvalue weighted by Gasteiger charge is 2.20. The molecule has 0 aromatic heterocycles. The van der Waals surface area contributed by atoms with E-state index < -0.39 is 0 Å². The third-order valence-electron chi connectivity index (χ3n) is 3.97. The number of amides is 1. The van der Waals surface area contributed by atoms with Crippen molar-refractivity contribution in [3.8, 4) is 0 Å². The topological polar surface area (TPSA) is 20.3 Å². The number of rotatable bonds is 7. The molecular weight excluding hydrogens is 338 g/mol. The van der Waals surface area contributed by atoms with E-state index in [9.17, 15) is 4.79 Å². The van der Waals surface area contributed by atoms with Gasteiger partial charge in [0.05, 0.1) is 0 Å². The van der Waals surface area contributed by atoms with Crippen LogP contribution in [-0.4, -0.2) is 12.3 Å². The van der Waals surface area contributed by atoms with Crippen LogP contribution in [0, 0.1) is 0 Å². The van der Waals surface area contributed by atoms with E-state index in [-0.39, 0.29) is 10.5 Å². The molecule has 0 aliphatic carbocycles. The van der Waals surface area contributed by atoms with Crippen LogP contribution in [0.1, 0.15) is 43.4 Å². The quantitative estimate of drug-likeness (QED) is 0.497. The van der Waals surface area contributed by atoms with E-state index >= 15 is 0 Å². The first-order chi connectivity index (χ1) is 11.6. The van der Waals surface area contributed by atoms with Crippen molar-refractivity contribution in [3.63, 3.8) is 0 Å². The number of nitrogens with zero attached hydrogens (tertiary/aromatic N) is 1. The fourth-order valence-electron chi connectivity index (χ4n) is 2.51. The van der Waals surface area contributed by atoms with Crippen molar-refractivity contribution in [2.24, 2.45) is 0 Å². The molecule has 1 atom stereocenters. The van der Waals surface area contributed by atoms with Crippen molar-refractivity contribution in [2.75, 3.05) is 11.9 Å². The van der Waals surface area contributed by atoms with Gasteiger partial charge in [-0.2, -0.15) is 0 Å². The molecule has 2 aromatic rings. The Hall–Kier alpha value is -1.45. The molecule has 2 rings (SSSR count). The lowest BCUT2D eigenvalue weighted by Gasteiger charge is -2.21. The Morgan fingerprint density at radius 1 is 1.08 bits per heavy atom. The van der Waals surface area contributed by atoms with Crippen LogP contribution < -0.4 is 4.90 Å². The summed E-state index contributed by atoms with van der Waals surface area (Å²) in [5.74, 6) is 0. The zero-order valence-electron chi connectivity index (χ0n) is 14.2. The number of carbonyl (C=O) groups excluding carboxylic acids is 1. The Morgan fingerprint density at radius 3 is 2.38 bits per heavy atom. The molecule has 0 heterocycles. The summed E-state index contributed by atoms with van der Waals surface area (Å²) in [5, 5.41) is 0.927. The van der Waals surface area contributed by atoms with E-state index in [4.69, 9.17) is 11.6 Å². The van der Waals surface area contributed by atoms with Gasteiger partial charge < -0.3 is 4.90 Å². The summed E-state index contributed by atoms with van der Waals surface area (Å²) in [6, 6.07) is 17.7. The van der Waals surface area contributed by atoms with E-state index in [1.807, 2.05) is 37.4 Å². The molecule has 2 aromatic carbocycles. The van der Waals surface area contributed by atoms with Gasteiger partial charge in [-0.1, -0.05) is 79.9 Å². The third-order valence-corrected chi connectivity index (χ3v) is 5.49. The number of benzene rings is 2. The molecule has 0 aliphatic rings. The second-order valence-electron chi connectivity index (χ2n) is 5.81. The van der Waals surface area contributed by atoms with Crippen molar-refractivity contribution in [3.05, 3.63) is 65.2 Å². The summed E-state index contributed by atoms with van der Waals surface area (Å²) in [5.41, 5.74) is 2.08. The van der Waals surface area contributed by atoms with E-state index in [1.54, 1.807) is 17.0 Å². The predicted molar refractivity (Wildman–Crippen MR) is 106 cm³/mol. The molecule has 0 spiro atoms. The molecule has 2 nitrogen and oxygen atoms in total. The van der Waals surface area contributed by atoms with Gasteiger partial charge in [0, 0.05) is 23.0 Å². The normalized spacial score (nSPS) is 12.0. The second-order valence-corrected chi connectivity index (χ2v) is 7.40. The molecule has 0 saturated heterocycles. The zero-order chi connectivity index (χ0) is 17.4. The lowest BCUT2D eigenvalue weighted by atomic mass is 10.1. The molecule has 24 heavy (non-hydrogen) atoms. The lowest BCUT2D eigenvalue weighted by Crippen LogP contribution is -2.22. The molecule has 128 valence electrons. The predicted octanol–water partition coefficient (Wildman–Crippen LogP) is 6.95. The van der Waals surface area contributed by atoms with E-state index in [1.165, 1.54) is 30.2 Å². The van der Waals surface area contributed by atoms with Crippen molar-refractivity contribution in [2.45, 2.75) is 37.9 Å². The van der Waals surface area contributed by atoms with Crippen LogP contribution in [0.5, 0.6) is 0 Å². The highest BCUT2D eigenvalue weighted by atomic mass is 35.5. The van der Waals surface area contributed by atoms with Gasteiger partial charge in [-0.25, -0.2) is 0 Å². The third kappa shape index (κ3) is 5.57. The maximum absolute atomic E-state index is 12.7. The first-order valence-corrected chi connectivity index (χ1v) is 9.62. The fraction of sp³-hybridized carbons (Fsp3) is 0.350. The van der Waals surface area contributed by atoms with Crippen molar-refractivity contribution < 1.29 is 4.79 Å². The van der Waals surface area contributed by atoms with Gasteiger partial charge in [0.1, 0.15) is 0 Å². The molecule has 0 bridgehead atoms. The van der Waals surface area contributed by atoms with Crippen LogP contribution in [0.25, 0.3) is 0 Å². The van der Waals surface area contributed by atoms with Gasteiger partial charge in [-0.05, 0) is 36.2 Å². The van der Waals surface area contributed by atoms with Crippen molar-refractivity contribution in [1.82, 2.24) is 0 Å². The average Bonchev–Trinajstić information content (AvgIpc) is 2.61. The van der Waals surface area contributed by atoms with Crippen LogP contribution in [0.2, 0.25) is 5.02 Å². The smallest absolute Gasteiger partial charge is 0.286 e. The summed E-state index contributed by atoms with van der Waals surface area (Å²) in [6.45, 7) is 2.20. The van der Waals surface area contributed by atoms with Gasteiger partial charge in [-0.15, -0.1) is 0 Å². The Bertz CT molecular complexity index is 630. The molecule has 1 amide bonds. The highest BCUT2D eigenvalue weighted by Crippen LogP contribution is 2.36. The van der Waals surface area contributed by atoms with Crippen LogP contribution in [0.15, 0.2) is 54.6 Å². The fourth-order valence-corrected chi connectivity index (χ4v) is 3.72. The summed E-state index contributed by atoms with van der Waals surface area (Å²) in [4.78, 5) is 14.4. The molecule has 0 aliphatic heterocycles. The second kappa shape index (κ2) is 9.75. The van der Waals surface area contributed by atoms with Gasteiger partial charge >= 0.3 is 0 Å². The average molecular weight is 362 g/mol. The molecule has 0 saturated carbocycles. The summed E-state index contributed by atoms with van der Waals surface area (Å²) < 4.78 is 0. The SMILES string of the molecule is CCCCC[C@H](SC(=O)N(C)c1ccc(Cl)cc1)c1ccccc1. The molecule has 4 heteroatoms. The largest absolute Gasteiger partial charge is 0.306 e. The Labute approximate surface area is 154 Å². The first-order valence-electron chi connectivity index (χ1n) is 8.36. The first kappa shape index (κ1) is 18.9. The Kier molecular flexibility index (Phi) is 7.67. The summed E-state index contributed by atoms with van der Waals surface area (Å²) in [7, 11) is 1.81. The number of hydrogen-bond donors (Lipinski definition) is 0. The number of hydrogen-bond acceptors (Lipinski definition) is 2. The number of anilines is 1. The highest BCUT2D eigenvalue weighted by molar-refractivity contribution is 8.14. The van der Waals surface area contributed by atoms with Gasteiger partial charge in [0.2, 0.25) is 0 Å². The van der Waals surface area contributed by atoms with Gasteiger partial charge in [0.25, 0.3) is 5.24 Å². The number of halogens is 1. The summed E-state index contributed by atoms with van der Waals surface area (Å²) >= 11 is 7.33. The number of carbonyl (C=O) groups is 1. The minimum atomic E-state index is 0.0580. The minimum Gasteiger partial charge on any atom is -0.306 e. The lowest BCUT2D eigenvalue weighted by molar-refractivity contribution is 0.266. The van der Waals surface area contributed by atoms with E-state index in [2.05, 4.69) is 19.1 Å². The van der Waals surface area contributed by atoms with Gasteiger partial charge in [-0.3, -0.25) is 4.79 Å². The molecular formula is C20H24ClNOS. The molecule has 0 N–H and O–H groups in total. The number of thioether (sulfide) groups is 1. The van der Waals surface area contributed by atoms with E-state index in [0.29, 0.717) is 5.02 Å². The standard InChI is InChI=1S/C20H24ClNOS/c1-3-4-6-11-19(16-9-7-5-8-10-16)24-20(23)22(2)18-14-12-17(21)13-15-18/h5,7-10,12-15,19H,3-4,6,11H2,1-2H3/t19-/m0/s1. The van der Waals surface area contributed by atoms with Crippen LogP contribution in [0.4, 0.5) is 10.5 Å². The van der Waals surface area contributed by atoms with E-state index in [0.717, 1.165) is 18.5 Å². The maximum atomic E-state index is 12.7. The molecule has 0 radical (unpaired) electrons. The minimum absolute atomic E-state index is 0.0580. The monoisotopic (exact) mass is 361 g/mol. The van der Waals surface area contributed by atoms with Crippen LogP contribution >= 0.6 is 23.4 Å². The Morgan fingerprint density at radius 2 is 1.75 bits per heavy atom. The van der Waals surface area contributed by atoms with Crippen LogP contribution in [-0.2, 0) is 0 Å². The zero-order valence-corrected chi connectivity index (χ0v) is 15.8. The summed E-state index contributed by atoms with van der Waals surface area (Å²) in [6.07, 6.45) is 4.54.